The molecule has 2 nitrogen and oxygen atoms in total. The zero-order chi connectivity index (χ0) is 41.9. The highest BCUT2D eigenvalue weighted by molar-refractivity contribution is 9.10. The number of para-hydroxylation sites is 3. The Bertz CT molecular complexity index is 3690. The van der Waals surface area contributed by atoms with E-state index in [2.05, 4.69) is 262 Å². The van der Waals surface area contributed by atoms with Gasteiger partial charge in [-0.3, -0.25) is 0 Å². The molecule has 10 aromatic carbocycles. The fourth-order valence-electron chi connectivity index (χ4n) is 9.63. The molecule has 0 bridgehead atoms. The monoisotopic (exact) mass is 866 g/mol. The maximum absolute atomic E-state index is 3.92. The molecule has 0 saturated heterocycles. The SMILES string of the molecule is Brc1cc(-c2ccc3c(c2)c2ccccc2n3-c2cccc(-c3cccc(-c4ccccc4)c3)c2)cc(-c2ccc3c(c2)c2ccccc2n3-c2ccccc2-c2ccccc2)c1. The van der Waals surface area contributed by atoms with Crippen LogP contribution in [0.3, 0.4) is 0 Å². The number of benzene rings is 10. The summed E-state index contributed by atoms with van der Waals surface area (Å²) in [6.07, 6.45) is 0. The van der Waals surface area contributed by atoms with Gasteiger partial charge in [-0.15, -0.1) is 0 Å². The first-order valence-corrected chi connectivity index (χ1v) is 22.2. The molecule has 0 radical (unpaired) electrons. The molecule has 0 spiro atoms. The first-order chi connectivity index (χ1) is 31.1. The number of halogens is 1. The molecule has 0 amide bonds. The first kappa shape index (κ1) is 37.1. The van der Waals surface area contributed by atoms with Crippen LogP contribution in [0.25, 0.3) is 111 Å². The molecule has 3 heteroatoms. The van der Waals surface area contributed by atoms with Gasteiger partial charge in [0.05, 0.1) is 27.8 Å². The van der Waals surface area contributed by atoms with E-state index in [4.69, 9.17) is 0 Å². The van der Waals surface area contributed by atoms with Crippen LogP contribution in [0.2, 0.25) is 0 Å². The van der Waals surface area contributed by atoms with Crippen LogP contribution in [0.1, 0.15) is 0 Å². The van der Waals surface area contributed by atoms with Crippen molar-refractivity contribution in [3.63, 3.8) is 0 Å². The summed E-state index contributed by atoms with van der Waals surface area (Å²) in [6, 6.07) is 86.0. The van der Waals surface area contributed by atoms with Gasteiger partial charge in [0.1, 0.15) is 0 Å². The number of fused-ring (bicyclic) bond motifs is 6. The quantitative estimate of drug-likeness (QED) is 0.151. The molecule has 2 heterocycles. The highest BCUT2D eigenvalue weighted by Crippen LogP contribution is 2.41. The predicted molar refractivity (Wildman–Crippen MR) is 270 cm³/mol. The number of rotatable bonds is 7. The van der Waals surface area contributed by atoms with Crippen LogP contribution < -0.4 is 0 Å². The lowest BCUT2D eigenvalue weighted by atomic mass is 9.97. The van der Waals surface area contributed by atoms with Gasteiger partial charge in [-0.05, 0) is 129 Å². The van der Waals surface area contributed by atoms with Crippen molar-refractivity contribution in [1.82, 2.24) is 9.13 Å². The Balaban J connectivity index is 0.946. The van der Waals surface area contributed by atoms with Crippen molar-refractivity contribution in [3.8, 4) is 67.0 Å². The zero-order valence-corrected chi connectivity index (χ0v) is 35.9. The Kier molecular flexibility index (Phi) is 9.02. The summed E-state index contributed by atoms with van der Waals surface area (Å²) in [6.45, 7) is 0. The van der Waals surface area contributed by atoms with Gasteiger partial charge in [0.15, 0.2) is 0 Å². The van der Waals surface area contributed by atoms with Gasteiger partial charge < -0.3 is 9.13 Å². The standard InChI is InChI=1S/C60H39BrN2/c61-49-35-47(34-48(36-49)46-30-32-60-55(39-46)53-25-9-12-28-58(53)63(60)56-26-10-7-23-51(56)41-17-5-2-6-18-41)45-29-31-59-54(38-45)52-24-8-11-27-57(52)62(59)50-22-14-21-44(37-50)43-20-13-19-42(33-43)40-15-3-1-4-16-40/h1-39H. The Morgan fingerprint density at radius 2 is 0.698 bits per heavy atom. The summed E-state index contributed by atoms with van der Waals surface area (Å²) < 4.78 is 5.88. The predicted octanol–water partition coefficient (Wildman–Crippen LogP) is 17.0. The molecule has 12 rings (SSSR count). The smallest absolute Gasteiger partial charge is 0.0541 e. The van der Waals surface area contributed by atoms with Gasteiger partial charge in [-0.1, -0.05) is 174 Å². The zero-order valence-electron chi connectivity index (χ0n) is 34.3. The summed E-state index contributed by atoms with van der Waals surface area (Å²) in [5.74, 6) is 0. The van der Waals surface area contributed by atoms with Crippen LogP contribution in [0, 0.1) is 0 Å². The number of nitrogens with zero attached hydrogens (tertiary/aromatic N) is 2. The molecular weight excluding hydrogens is 829 g/mol. The third-order valence-electron chi connectivity index (χ3n) is 12.5. The van der Waals surface area contributed by atoms with Gasteiger partial charge >= 0.3 is 0 Å². The molecule has 0 aliphatic carbocycles. The Morgan fingerprint density at radius 1 is 0.254 bits per heavy atom. The first-order valence-electron chi connectivity index (χ1n) is 21.4. The van der Waals surface area contributed by atoms with E-state index in [0.717, 1.165) is 15.7 Å². The van der Waals surface area contributed by atoms with Crippen LogP contribution in [0.15, 0.2) is 241 Å². The van der Waals surface area contributed by atoms with Gasteiger partial charge in [0, 0.05) is 37.3 Å². The molecule has 0 atom stereocenters. The van der Waals surface area contributed by atoms with Crippen molar-refractivity contribution in [3.05, 3.63) is 241 Å². The van der Waals surface area contributed by atoms with E-state index in [0.29, 0.717) is 0 Å². The van der Waals surface area contributed by atoms with E-state index in [1.165, 1.54) is 99.4 Å². The highest BCUT2D eigenvalue weighted by Gasteiger charge is 2.18. The third-order valence-corrected chi connectivity index (χ3v) is 13.0. The van der Waals surface area contributed by atoms with Crippen molar-refractivity contribution in [2.75, 3.05) is 0 Å². The highest BCUT2D eigenvalue weighted by atomic mass is 79.9. The van der Waals surface area contributed by atoms with Crippen molar-refractivity contribution in [2.24, 2.45) is 0 Å². The second-order valence-corrected chi connectivity index (χ2v) is 17.2. The van der Waals surface area contributed by atoms with E-state index in [1.807, 2.05) is 0 Å². The Morgan fingerprint density at radius 3 is 1.37 bits per heavy atom. The average Bonchev–Trinajstić information content (AvgIpc) is 3.86. The summed E-state index contributed by atoms with van der Waals surface area (Å²) in [4.78, 5) is 0. The lowest BCUT2D eigenvalue weighted by Crippen LogP contribution is -1.97. The van der Waals surface area contributed by atoms with Gasteiger partial charge in [-0.25, -0.2) is 0 Å². The minimum absolute atomic E-state index is 1.05. The summed E-state index contributed by atoms with van der Waals surface area (Å²) in [5, 5.41) is 4.93. The second-order valence-electron chi connectivity index (χ2n) is 16.3. The van der Waals surface area contributed by atoms with E-state index in [-0.39, 0.29) is 0 Å². The summed E-state index contributed by atoms with van der Waals surface area (Å²) >= 11 is 3.92. The maximum atomic E-state index is 3.92. The minimum atomic E-state index is 1.05. The molecule has 2 aromatic heterocycles. The van der Waals surface area contributed by atoms with E-state index in [9.17, 15) is 0 Å². The molecule has 12 aromatic rings. The van der Waals surface area contributed by atoms with Gasteiger partial charge in [-0.2, -0.15) is 0 Å². The van der Waals surface area contributed by atoms with Crippen molar-refractivity contribution >= 4 is 59.5 Å². The van der Waals surface area contributed by atoms with E-state index in [1.54, 1.807) is 0 Å². The fraction of sp³-hybridized carbons (Fsp3) is 0. The molecule has 0 aliphatic heterocycles. The van der Waals surface area contributed by atoms with Gasteiger partial charge in [0.25, 0.3) is 0 Å². The lowest BCUT2D eigenvalue weighted by molar-refractivity contribution is 1.18. The molecule has 0 N–H and O–H groups in total. The largest absolute Gasteiger partial charge is 0.309 e. The molecule has 0 unspecified atom stereocenters. The van der Waals surface area contributed by atoms with Crippen LogP contribution in [0.5, 0.6) is 0 Å². The van der Waals surface area contributed by atoms with Crippen molar-refractivity contribution in [1.29, 1.82) is 0 Å². The summed E-state index contributed by atoms with van der Waals surface area (Å²) in [5.41, 5.74) is 19.0. The van der Waals surface area contributed by atoms with Gasteiger partial charge in [0.2, 0.25) is 0 Å². The molecule has 296 valence electrons. The Hall–Kier alpha value is -7.72. The number of hydrogen-bond acceptors (Lipinski definition) is 0. The number of aromatic nitrogens is 2. The number of hydrogen-bond donors (Lipinski definition) is 0. The molecule has 0 fully saturated rings. The minimum Gasteiger partial charge on any atom is -0.309 e. The molecule has 0 saturated carbocycles. The molecule has 0 aliphatic rings. The van der Waals surface area contributed by atoms with Crippen molar-refractivity contribution < 1.29 is 0 Å². The molecule has 63 heavy (non-hydrogen) atoms. The van der Waals surface area contributed by atoms with Crippen LogP contribution in [-0.4, -0.2) is 9.13 Å². The van der Waals surface area contributed by atoms with Crippen LogP contribution >= 0.6 is 15.9 Å². The lowest BCUT2D eigenvalue weighted by Gasteiger charge is -2.14. The van der Waals surface area contributed by atoms with E-state index >= 15 is 0 Å². The fourth-order valence-corrected chi connectivity index (χ4v) is 10.1. The van der Waals surface area contributed by atoms with Crippen molar-refractivity contribution in [2.45, 2.75) is 0 Å². The maximum Gasteiger partial charge on any atom is 0.0541 e. The van der Waals surface area contributed by atoms with Crippen LogP contribution in [0.4, 0.5) is 0 Å². The average molecular weight is 868 g/mol. The topological polar surface area (TPSA) is 9.86 Å². The van der Waals surface area contributed by atoms with E-state index < -0.39 is 0 Å². The molecular formula is C60H39BrN2. The summed E-state index contributed by atoms with van der Waals surface area (Å²) in [7, 11) is 0. The van der Waals surface area contributed by atoms with Crippen LogP contribution in [-0.2, 0) is 0 Å². The Labute approximate surface area is 374 Å². The normalized spacial score (nSPS) is 11.6. The second kappa shape index (κ2) is 15.3. The third kappa shape index (κ3) is 6.48.